The van der Waals surface area contributed by atoms with E-state index in [0.29, 0.717) is 11.9 Å². The van der Waals surface area contributed by atoms with E-state index in [1.54, 1.807) is 14.2 Å². The van der Waals surface area contributed by atoms with Gasteiger partial charge in [0.25, 0.3) is 0 Å². The largest absolute Gasteiger partial charge is 0.493 e. The van der Waals surface area contributed by atoms with Crippen molar-refractivity contribution in [2.24, 2.45) is 5.92 Å². The number of hydrogen-bond donors (Lipinski definition) is 0. The molecule has 2 heterocycles. The molecule has 2 fully saturated rings. The van der Waals surface area contributed by atoms with E-state index < -0.39 is 0 Å². The minimum atomic E-state index is 0.137. The summed E-state index contributed by atoms with van der Waals surface area (Å²) < 4.78 is 10.7. The van der Waals surface area contributed by atoms with Crippen molar-refractivity contribution in [2.75, 3.05) is 60.5 Å². The zero-order valence-electron chi connectivity index (χ0n) is 19.9. The lowest BCUT2D eigenvalue weighted by Gasteiger charge is -2.42. The van der Waals surface area contributed by atoms with Crippen LogP contribution in [0.1, 0.15) is 44.6 Å². The van der Waals surface area contributed by atoms with E-state index in [9.17, 15) is 4.79 Å². The van der Waals surface area contributed by atoms with E-state index in [-0.39, 0.29) is 5.92 Å². The van der Waals surface area contributed by atoms with E-state index in [2.05, 4.69) is 16.7 Å². The highest BCUT2D eigenvalue weighted by molar-refractivity contribution is 5.79. The van der Waals surface area contributed by atoms with Gasteiger partial charge in [0.15, 0.2) is 11.5 Å². The molecule has 2 aliphatic rings. The molecule has 6 heteroatoms. The SMILES string of the molecule is CCCN1CCC(N2CCCC(C(=O)N(C)CCc3ccc(OC)c(OC)c3)C2)CC1. The van der Waals surface area contributed by atoms with Gasteiger partial charge < -0.3 is 19.3 Å². The minimum Gasteiger partial charge on any atom is -0.493 e. The van der Waals surface area contributed by atoms with Gasteiger partial charge in [0.05, 0.1) is 20.1 Å². The van der Waals surface area contributed by atoms with Crippen molar-refractivity contribution in [3.8, 4) is 11.5 Å². The van der Waals surface area contributed by atoms with Crippen LogP contribution in [0.2, 0.25) is 0 Å². The van der Waals surface area contributed by atoms with Crippen LogP contribution in [-0.2, 0) is 11.2 Å². The van der Waals surface area contributed by atoms with Gasteiger partial charge in [-0.15, -0.1) is 0 Å². The second-order valence-corrected chi connectivity index (χ2v) is 9.11. The molecular formula is C25H41N3O3. The molecule has 2 aliphatic heterocycles. The molecule has 31 heavy (non-hydrogen) atoms. The third kappa shape index (κ3) is 6.36. The topological polar surface area (TPSA) is 45.2 Å². The van der Waals surface area contributed by atoms with Crippen molar-refractivity contribution < 1.29 is 14.3 Å². The molecule has 0 N–H and O–H groups in total. The third-order valence-corrected chi connectivity index (χ3v) is 6.98. The Morgan fingerprint density at radius 3 is 2.52 bits per heavy atom. The van der Waals surface area contributed by atoms with Gasteiger partial charge in [-0.2, -0.15) is 0 Å². The Morgan fingerprint density at radius 1 is 1.10 bits per heavy atom. The average molecular weight is 432 g/mol. The number of amides is 1. The predicted octanol–water partition coefficient (Wildman–Crippen LogP) is 3.29. The smallest absolute Gasteiger partial charge is 0.226 e. The first-order chi connectivity index (χ1) is 15.0. The lowest BCUT2D eigenvalue weighted by molar-refractivity contribution is -0.136. The fourth-order valence-corrected chi connectivity index (χ4v) is 5.12. The summed E-state index contributed by atoms with van der Waals surface area (Å²) in [6.07, 6.45) is 6.70. The molecule has 1 aromatic rings. The molecule has 6 nitrogen and oxygen atoms in total. The Bertz CT molecular complexity index is 703. The van der Waals surface area contributed by atoms with E-state index in [0.717, 1.165) is 56.0 Å². The molecule has 174 valence electrons. The zero-order valence-corrected chi connectivity index (χ0v) is 19.9. The van der Waals surface area contributed by atoms with Gasteiger partial charge in [-0.05, 0) is 82.4 Å². The molecule has 0 aliphatic carbocycles. The van der Waals surface area contributed by atoms with Crippen LogP contribution in [0.15, 0.2) is 18.2 Å². The number of hydrogen-bond acceptors (Lipinski definition) is 5. The van der Waals surface area contributed by atoms with Crippen molar-refractivity contribution in [3.63, 3.8) is 0 Å². The maximum atomic E-state index is 13.2. The number of benzene rings is 1. The second kappa shape index (κ2) is 11.7. The number of piperidine rings is 2. The summed E-state index contributed by atoms with van der Waals surface area (Å²) in [4.78, 5) is 20.3. The molecule has 0 radical (unpaired) electrons. The summed E-state index contributed by atoms with van der Waals surface area (Å²) in [5.41, 5.74) is 1.15. The van der Waals surface area contributed by atoms with Crippen molar-refractivity contribution in [1.29, 1.82) is 0 Å². The molecule has 1 aromatic carbocycles. The first-order valence-electron chi connectivity index (χ1n) is 12.0. The number of carbonyl (C=O) groups is 1. The van der Waals surface area contributed by atoms with E-state index in [1.807, 2.05) is 30.1 Å². The maximum absolute atomic E-state index is 13.2. The first-order valence-corrected chi connectivity index (χ1v) is 12.0. The average Bonchev–Trinajstić information content (AvgIpc) is 2.82. The Hall–Kier alpha value is -1.79. The number of carbonyl (C=O) groups excluding carboxylic acids is 1. The Morgan fingerprint density at radius 2 is 1.84 bits per heavy atom. The molecule has 1 amide bonds. The third-order valence-electron chi connectivity index (χ3n) is 6.98. The van der Waals surface area contributed by atoms with Crippen LogP contribution in [0.25, 0.3) is 0 Å². The van der Waals surface area contributed by atoms with Crippen LogP contribution < -0.4 is 9.47 Å². The van der Waals surface area contributed by atoms with Gasteiger partial charge in [-0.1, -0.05) is 13.0 Å². The van der Waals surface area contributed by atoms with Crippen LogP contribution >= 0.6 is 0 Å². The Kier molecular flexibility index (Phi) is 9.02. The second-order valence-electron chi connectivity index (χ2n) is 9.11. The fourth-order valence-electron chi connectivity index (χ4n) is 5.12. The van der Waals surface area contributed by atoms with Crippen LogP contribution in [0, 0.1) is 5.92 Å². The lowest BCUT2D eigenvalue weighted by Crippen LogP contribution is -2.51. The van der Waals surface area contributed by atoms with Crippen LogP contribution in [0.5, 0.6) is 11.5 Å². The normalized spacial score (nSPS) is 21.1. The molecule has 0 bridgehead atoms. The van der Waals surface area contributed by atoms with E-state index in [1.165, 1.54) is 38.9 Å². The Balaban J connectivity index is 1.49. The number of likely N-dealkylation sites (N-methyl/N-ethyl adjacent to an activating group) is 1. The molecule has 2 saturated heterocycles. The quantitative estimate of drug-likeness (QED) is 0.600. The highest BCUT2D eigenvalue weighted by atomic mass is 16.5. The Labute approximate surface area is 188 Å². The first kappa shape index (κ1) is 23.9. The highest BCUT2D eigenvalue weighted by Crippen LogP contribution is 2.28. The van der Waals surface area contributed by atoms with E-state index in [4.69, 9.17) is 9.47 Å². The highest BCUT2D eigenvalue weighted by Gasteiger charge is 2.32. The predicted molar refractivity (Wildman–Crippen MR) is 125 cm³/mol. The number of methoxy groups -OCH3 is 2. The molecule has 1 unspecified atom stereocenters. The molecule has 0 spiro atoms. The van der Waals surface area contributed by atoms with Gasteiger partial charge in [0, 0.05) is 26.2 Å². The summed E-state index contributed by atoms with van der Waals surface area (Å²) in [6, 6.07) is 6.64. The van der Waals surface area contributed by atoms with Gasteiger partial charge >= 0.3 is 0 Å². The zero-order chi connectivity index (χ0) is 22.2. The molecular weight excluding hydrogens is 390 g/mol. The van der Waals surface area contributed by atoms with Crippen molar-refractivity contribution in [2.45, 2.75) is 51.5 Å². The number of nitrogens with zero attached hydrogens (tertiary/aromatic N) is 3. The van der Waals surface area contributed by atoms with Gasteiger partial charge in [-0.25, -0.2) is 0 Å². The maximum Gasteiger partial charge on any atom is 0.226 e. The summed E-state index contributed by atoms with van der Waals surface area (Å²) in [7, 11) is 5.25. The number of ether oxygens (including phenoxy) is 2. The van der Waals surface area contributed by atoms with Gasteiger partial charge in [0.1, 0.15) is 0 Å². The summed E-state index contributed by atoms with van der Waals surface area (Å²) in [5, 5.41) is 0. The number of likely N-dealkylation sites (tertiary alicyclic amines) is 2. The lowest BCUT2D eigenvalue weighted by atomic mass is 9.92. The van der Waals surface area contributed by atoms with Crippen molar-refractivity contribution in [1.82, 2.24) is 14.7 Å². The molecule has 0 saturated carbocycles. The van der Waals surface area contributed by atoms with Crippen LogP contribution in [0.3, 0.4) is 0 Å². The van der Waals surface area contributed by atoms with Crippen LogP contribution in [0.4, 0.5) is 0 Å². The number of rotatable bonds is 9. The van der Waals surface area contributed by atoms with Crippen LogP contribution in [-0.4, -0.2) is 87.2 Å². The standard InChI is InChI=1S/C25H41N3O3/c1-5-13-27-16-11-22(12-17-27)28-14-6-7-21(19-28)25(29)26(2)15-10-20-8-9-23(30-3)24(18-20)31-4/h8-9,18,21-22H,5-7,10-17,19H2,1-4H3. The summed E-state index contributed by atoms with van der Waals surface area (Å²) in [5.74, 6) is 1.91. The summed E-state index contributed by atoms with van der Waals surface area (Å²) >= 11 is 0. The van der Waals surface area contributed by atoms with E-state index >= 15 is 0 Å². The molecule has 1 atom stereocenters. The van der Waals surface area contributed by atoms with Gasteiger partial charge in [0.2, 0.25) is 5.91 Å². The summed E-state index contributed by atoms with van der Waals surface area (Å²) in [6.45, 7) is 8.70. The van der Waals surface area contributed by atoms with Crippen molar-refractivity contribution >= 4 is 5.91 Å². The molecule has 3 rings (SSSR count). The monoisotopic (exact) mass is 431 g/mol. The fraction of sp³-hybridized carbons (Fsp3) is 0.720. The molecule has 0 aromatic heterocycles. The van der Waals surface area contributed by atoms with Gasteiger partial charge in [-0.3, -0.25) is 9.69 Å². The van der Waals surface area contributed by atoms with Crippen molar-refractivity contribution in [3.05, 3.63) is 23.8 Å². The minimum absolute atomic E-state index is 0.137.